The Morgan fingerprint density at radius 1 is 1.31 bits per heavy atom. The minimum atomic E-state index is 0.597. The van der Waals surface area contributed by atoms with Crippen LogP contribution < -0.4 is 11.3 Å². The lowest BCUT2D eigenvalue weighted by Crippen LogP contribution is -2.07. The van der Waals surface area contributed by atoms with Crippen LogP contribution in [0, 0.1) is 13.8 Å². The van der Waals surface area contributed by atoms with Crippen LogP contribution in [0.25, 0.3) is 11.0 Å². The number of hydrogen-bond donors (Lipinski definition) is 3. The highest BCUT2D eigenvalue weighted by Crippen LogP contribution is 2.18. The summed E-state index contributed by atoms with van der Waals surface area (Å²) >= 11 is 0. The summed E-state index contributed by atoms with van der Waals surface area (Å²) in [5.41, 5.74) is 6.93. The van der Waals surface area contributed by atoms with Gasteiger partial charge < -0.3 is 4.98 Å². The van der Waals surface area contributed by atoms with Crippen molar-refractivity contribution in [1.82, 2.24) is 9.97 Å². The number of anilines is 1. The molecule has 0 bridgehead atoms. The van der Waals surface area contributed by atoms with E-state index in [2.05, 4.69) is 35.3 Å². The van der Waals surface area contributed by atoms with E-state index >= 15 is 0 Å². The largest absolute Gasteiger partial charge is 0.323 e. The third-order valence-electron chi connectivity index (χ3n) is 2.23. The third-order valence-corrected chi connectivity index (χ3v) is 2.23. The molecule has 0 saturated carbocycles. The van der Waals surface area contributed by atoms with Gasteiger partial charge in [0.2, 0.25) is 5.95 Å². The number of benzene rings is 1. The van der Waals surface area contributed by atoms with Crippen LogP contribution in [0.1, 0.15) is 11.1 Å². The van der Waals surface area contributed by atoms with Gasteiger partial charge in [-0.2, -0.15) is 0 Å². The molecule has 4 nitrogen and oxygen atoms in total. The van der Waals surface area contributed by atoms with Crippen molar-refractivity contribution in [3.05, 3.63) is 23.3 Å². The quantitative estimate of drug-likeness (QED) is 0.455. The predicted molar refractivity (Wildman–Crippen MR) is 53.4 cm³/mol. The van der Waals surface area contributed by atoms with Crippen LogP contribution in [0.2, 0.25) is 0 Å². The van der Waals surface area contributed by atoms with Gasteiger partial charge in [-0.3, -0.25) is 5.43 Å². The maximum atomic E-state index is 5.25. The molecule has 4 N–H and O–H groups in total. The Bertz CT molecular complexity index is 405. The number of fused-ring (bicyclic) bond motifs is 1. The van der Waals surface area contributed by atoms with Crippen LogP contribution in [0.4, 0.5) is 5.95 Å². The highest BCUT2D eigenvalue weighted by molar-refractivity contribution is 5.79. The first-order valence-corrected chi connectivity index (χ1v) is 4.14. The van der Waals surface area contributed by atoms with E-state index in [0.29, 0.717) is 5.95 Å². The van der Waals surface area contributed by atoms with E-state index in [1.165, 1.54) is 11.1 Å². The van der Waals surface area contributed by atoms with Crippen molar-refractivity contribution in [3.63, 3.8) is 0 Å². The number of aromatic nitrogens is 2. The average molecular weight is 176 g/mol. The number of nitrogens with zero attached hydrogens (tertiary/aromatic N) is 1. The van der Waals surface area contributed by atoms with E-state index in [1.807, 2.05) is 6.07 Å². The van der Waals surface area contributed by atoms with Gasteiger partial charge in [-0.15, -0.1) is 0 Å². The number of nitrogens with one attached hydrogen (secondary N) is 2. The van der Waals surface area contributed by atoms with Gasteiger partial charge in [0.15, 0.2) is 0 Å². The van der Waals surface area contributed by atoms with Crippen molar-refractivity contribution >= 4 is 17.0 Å². The highest BCUT2D eigenvalue weighted by Gasteiger charge is 2.02. The standard InChI is InChI=1S/C9H12N4/c1-5-3-7-8(4-6(5)2)12-9(11-7)13-10/h3-4H,10H2,1-2H3,(H2,11,12,13). The molecule has 0 aliphatic rings. The molecule has 0 radical (unpaired) electrons. The number of rotatable bonds is 1. The van der Waals surface area contributed by atoms with Crippen LogP contribution in [0.5, 0.6) is 0 Å². The van der Waals surface area contributed by atoms with Gasteiger partial charge in [0, 0.05) is 0 Å². The van der Waals surface area contributed by atoms with E-state index in [-0.39, 0.29) is 0 Å². The second-order valence-corrected chi connectivity index (χ2v) is 3.18. The summed E-state index contributed by atoms with van der Waals surface area (Å²) in [6.07, 6.45) is 0. The van der Waals surface area contributed by atoms with Crippen LogP contribution in [0.15, 0.2) is 12.1 Å². The third kappa shape index (κ3) is 1.25. The second-order valence-electron chi connectivity index (χ2n) is 3.18. The Labute approximate surface area is 76.1 Å². The normalized spacial score (nSPS) is 10.7. The topological polar surface area (TPSA) is 66.7 Å². The zero-order valence-corrected chi connectivity index (χ0v) is 7.68. The smallest absolute Gasteiger partial charge is 0.215 e. The fourth-order valence-corrected chi connectivity index (χ4v) is 1.34. The van der Waals surface area contributed by atoms with Gasteiger partial charge in [0.25, 0.3) is 0 Å². The zero-order valence-electron chi connectivity index (χ0n) is 7.68. The predicted octanol–water partition coefficient (Wildman–Crippen LogP) is 1.47. The summed E-state index contributed by atoms with van der Waals surface area (Å²) in [7, 11) is 0. The Balaban J connectivity index is 2.70. The minimum absolute atomic E-state index is 0.597. The van der Waals surface area contributed by atoms with Crippen molar-refractivity contribution in [2.45, 2.75) is 13.8 Å². The maximum absolute atomic E-state index is 5.25. The van der Waals surface area contributed by atoms with Crippen molar-refractivity contribution in [1.29, 1.82) is 0 Å². The van der Waals surface area contributed by atoms with Crippen LogP contribution in [-0.2, 0) is 0 Å². The monoisotopic (exact) mass is 176 g/mol. The number of aryl methyl sites for hydroxylation is 2. The molecule has 0 atom stereocenters. The van der Waals surface area contributed by atoms with E-state index in [0.717, 1.165) is 11.0 Å². The van der Waals surface area contributed by atoms with Gasteiger partial charge in [-0.1, -0.05) is 0 Å². The number of nitrogen functional groups attached to an aromatic ring is 1. The van der Waals surface area contributed by atoms with E-state index in [1.54, 1.807) is 0 Å². The molecule has 1 aromatic heterocycles. The lowest BCUT2D eigenvalue weighted by Gasteiger charge is -1.97. The summed E-state index contributed by atoms with van der Waals surface area (Å²) in [6.45, 7) is 4.14. The summed E-state index contributed by atoms with van der Waals surface area (Å²) in [5.74, 6) is 5.84. The molecule has 0 unspecified atom stereocenters. The Morgan fingerprint density at radius 3 is 2.69 bits per heavy atom. The second kappa shape index (κ2) is 2.74. The van der Waals surface area contributed by atoms with Gasteiger partial charge in [-0.05, 0) is 37.1 Å². The van der Waals surface area contributed by atoms with Crippen molar-refractivity contribution in [2.75, 3.05) is 5.43 Å². The summed E-state index contributed by atoms with van der Waals surface area (Å²) in [5, 5.41) is 0. The molecule has 1 aromatic carbocycles. The van der Waals surface area contributed by atoms with Gasteiger partial charge in [-0.25, -0.2) is 10.8 Å². The first-order chi connectivity index (χ1) is 6.20. The molecular weight excluding hydrogens is 164 g/mol. The Hall–Kier alpha value is -1.55. The molecule has 0 amide bonds. The molecule has 2 rings (SSSR count). The van der Waals surface area contributed by atoms with Gasteiger partial charge >= 0.3 is 0 Å². The number of nitrogens with two attached hydrogens (primary N) is 1. The molecule has 1 heterocycles. The van der Waals surface area contributed by atoms with Crippen molar-refractivity contribution < 1.29 is 0 Å². The SMILES string of the molecule is Cc1cc2nc(NN)[nH]c2cc1C. The number of H-pyrrole nitrogens is 1. The Morgan fingerprint density at radius 2 is 2.00 bits per heavy atom. The van der Waals surface area contributed by atoms with Crippen molar-refractivity contribution in [2.24, 2.45) is 5.84 Å². The molecule has 0 aliphatic heterocycles. The highest BCUT2D eigenvalue weighted by atomic mass is 15.3. The fourth-order valence-electron chi connectivity index (χ4n) is 1.34. The van der Waals surface area contributed by atoms with Gasteiger partial charge in [0.05, 0.1) is 11.0 Å². The fraction of sp³-hybridized carbons (Fsp3) is 0.222. The Kier molecular flexibility index (Phi) is 1.70. The lowest BCUT2D eigenvalue weighted by atomic mass is 10.1. The minimum Gasteiger partial charge on any atom is -0.323 e. The number of hydrogen-bond acceptors (Lipinski definition) is 3. The van der Waals surface area contributed by atoms with Gasteiger partial charge in [0.1, 0.15) is 0 Å². The first kappa shape index (κ1) is 8.07. The average Bonchev–Trinajstić information content (AvgIpc) is 2.48. The molecular formula is C9H12N4. The lowest BCUT2D eigenvalue weighted by molar-refractivity contribution is 1.21. The molecule has 0 fully saturated rings. The molecule has 2 aromatic rings. The zero-order chi connectivity index (χ0) is 9.42. The summed E-state index contributed by atoms with van der Waals surface area (Å²) in [6, 6.07) is 4.11. The molecule has 68 valence electrons. The number of imidazole rings is 1. The molecule has 0 spiro atoms. The van der Waals surface area contributed by atoms with Crippen LogP contribution in [0.3, 0.4) is 0 Å². The van der Waals surface area contributed by atoms with Crippen LogP contribution >= 0.6 is 0 Å². The summed E-state index contributed by atoms with van der Waals surface area (Å²) in [4.78, 5) is 7.31. The van der Waals surface area contributed by atoms with E-state index in [4.69, 9.17) is 5.84 Å². The summed E-state index contributed by atoms with van der Waals surface area (Å²) < 4.78 is 0. The molecule has 0 saturated heterocycles. The first-order valence-electron chi connectivity index (χ1n) is 4.14. The van der Waals surface area contributed by atoms with E-state index < -0.39 is 0 Å². The molecule has 4 heteroatoms. The van der Waals surface area contributed by atoms with Crippen molar-refractivity contribution in [3.8, 4) is 0 Å². The number of aromatic amines is 1. The van der Waals surface area contributed by atoms with E-state index in [9.17, 15) is 0 Å². The molecule has 0 aliphatic carbocycles. The maximum Gasteiger partial charge on any atom is 0.215 e. The van der Waals surface area contributed by atoms with Crippen LogP contribution in [-0.4, -0.2) is 9.97 Å². The molecule has 13 heavy (non-hydrogen) atoms. The number of hydrazine groups is 1.